The lowest BCUT2D eigenvalue weighted by Crippen LogP contribution is -2.43. The van der Waals surface area contributed by atoms with Crippen LogP contribution >= 0.6 is 23.2 Å². The normalized spacial score (nSPS) is 17.4. The number of nitrogens with zero attached hydrogens (tertiary/aromatic N) is 3. The number of aromatic nitrogens is 2. The first-order valence-corrected chi connectivity index (χ1v) is 9.19. The number of hydrogen-bond acceptors (Lipinski definition) is 4. The molecule has 2 aromatic rings. The number of hydrogen-bond donors (Lipinski definition) is 1. The average molecular weight is 379 g/mol. The molecule has 1 aromatic carbocycles. The second-order valence-corrected chi connectivity index (χ2v) is 6.92. The monoisotopic (exact) mass is 378 g/mol. The van der Waals surface area contributed by atoms with Gasteiger partial charge in [-0.2, -0.15) is 0 Å². The number of amides is 1. The summed E-state index contributed by atoms with van der Waals surface area (Å²) in [6.07, 6.45) is 7.42. The Bertz CT molecular complexity index is 751. The average Bonchev–Trinajstić information content (AvgIpc) is 2.65. The molecule has 0 spiro atoms. The minimum atomic E-state index is 0.00707. The van der Waals surface area contributed by atoms with Crippen LogP contribution in [-0.4, -0.2) is 33.4 Å². The number of carbonyl (C=O) groups is 1. The predicted octanol–water partition coefficient (Wildman–Crippen LogP) is 4.93. The van der Waals surface area contributed by atoms with Crippen molar-refractivity contribution in [1.29, 1.82) is 0 Å². The van der Waals surface area contributed by atoms with Gasteiger partial charge in [-0.25, -0.2) is 9.97 Å². The number of likely N-dealkylation sites (tertiary alicyclic amines) is 1. The summed E-state index contributed by atoms with van der Waals surface area (Å²) in [6, 6.07) is 5.50. The van der Waals surface area contributed by atoms with E-state index in [4.69, 9.17) is 23.2 Å². The lowest BCUT2D eigenvalue weighted by atomic mass is 9.99. The molecule has 1 aliphatic heterocycles. The molecule has 7 heteroatoms. The van der Waals surface area contributed by atoms with Crippen molar-refractivity contribution in [3.8, 4) is 0 Å². The maximum Gasteiger partial charge on any atom is 0.257 e. The van der Waals surface area contributed by atoms with Gasteiger partial charge >= 0.3 is 0 Å². The second-order valence-electron chi connectivity index (χ2n) is 6.11. The zero-order valence-electron chi connectivity index (χ0n) is 14.0. The van der Waals surface area contributed by atoms with Gasteiger partial charge in [-0.05, 0) is 43.9 Å². The Hall–Kier alpha value is -1.85. The van der Waals surface area contributed by atoms with Gasteiger partial charge in [0.15, 0.2) is 0 Å². The molecule has 0 saturated carbocycles. The molecule has 1 N–H and O–H groups in total. The Balaban J connectivity index is 1.71. The third-order valence-corrected chi connectivity index (χ3v) is 5.17. The SMILES string of the molecule is CCC1CCCCN1C(=O)c1cnc(Nc2ccc(Cl)c(Cl)c2)nc1. The second kappa shape index (κ2) is 8.02. The van der Waals surface area contributed by atoms with Gasteiger partial charge in [0.1, 0.15) is 0 Å². The van der Waals surface area contributed by atoms with Gasteiger partial charge in [0, 0.05) is 30.7 Å². The van der Waals surface area contributed by atoms with Crippen molar-refractivity contribution >= 4 is 40.7 Å². The van der Waals surface area contributed by atoms with Crippen molar-refractivity contribution in [2.24, 2.45) is 0 Å². The smallest absolute Gasteiger partial charge is 0.257 e. The molecule has 25 heavy (non-hydrogen) atoms. The number of halogens is 2. The molecule has 2 heterocycles. The topological polar surface area (TPSA) is 58.1 Å². The summed E-state index contributed by atoms with van der Waals surface area (Å²) in [7, 11) is 0. The Morgan fingerprint density at radius 1 is 1.24 bits per heavy atom. The first-order chi connectivity index (χ1) is 12.1. The van der Waals surface area contributed by atoms with Crippen LogP contribution in [0.5, 0.6) is 0 Å². The maximum atomic E-state index is 12.7. The molecule has 1 aromatic heterocycles. The van der Waals surface area contributed by atoms with E-state index in [0.717, 1.165) is 31.5 Å². The molecule has 0 bridgehead atoms. The van der Waals surface area contributed by atoms with Gasteiger partial charge in [-0.15, -0.1) is 0 Å². The summed E-state index contributed by atoms with van der Waals surface area (Å²) in [6.45, 7) is 2.93. The van der Waals surface area contributed by atoms with E-state index >= 15 is 0 Å². The Kier molecular flexibility index (Phi) is 5.76. The van der Waals surface area contributed by atoms with Crippen LogP contribution in [0.1, 0.15) is 43.0 Å². The van der Waals surface area contributed by atoms with Crippen molar-refractivity contribution in [2.45, 2.75) is 38.6 Å². The highest BCUT2D eigenvalue weighted by atomic mass is 35.5. The van der Waals surface area contributed by atoms with Crippen molar-refractivity contribution in [1.82, 2.24) is 14.9 Å². The van der Waals surface area contributed by atoms with E-state index in [1.54, 1.807) is 30.6 Å². The highest BCUT2D eigenvalue weighted by Gasteiger charge is 2.26. The zero-order chi connectivity index (χ0) is 17.8. The quantitative estimate of drug-likeness (QED) is 0.818. The Morgan fingerprint density at radius 2 is 2.00 bits per heavy atom. The van der Waals surface area contributed by atoms with Gasteiger partial charge < -0.3 is 10.2 Å². The number of rotatable bonds is 4. The van der Waals surface area contributed by atoms with E-state index in [-0.39, 0.29) is 5.91 Å². The van der Waals surface area contributed by atoms with E-state index in [1.165, 1.54) is 6.42 Å². The zero-order valence-corrected chi connectivity index (χ0v) is 15.5. The number of nitrogens with one attached hydrogen (secondary N) is 1. The number of piperidine rings is 1. The molecule has 1 atom stereocenters. The Labute approximate surface area is 157 Å². The fraction of sp³-hybridized carbons (Fsp3) is 0.389. The van der Waals surface area contributed by atoms with Gasteiger partial charge in [0.2, 0.25) is 5.95 Å². The maximum absolute atomic E-state index is 12.7. The molecule has 1 saturated heterocycles. The minimum Gasteiger partial charge on any atom is -0.336 e. The van der Waals surface area contributed by atoms with Gasteiger partial charge in [-0.3, -0.25) is 4.79 Å². The van der Waals surface area contributed by atoms with Crippen LogP contribution in [0.2, 0.25) is 10.0 Å². The molecule has 1 fully saturated rings. The van der Waals surface area contributed by atoms with Crippen LogP contribution < -0.4 is 5.32 Å². The fourth-order valence-electron chi connectivity index (χ4n) is 3.06. The molecular weight excluding hydrogens is 359 g/mol. The molecule has 1 unspecified atom stereocenters. The summed E-state index contributed by atoms with van der Waals surface area (Å²) in [4.78, 5) is 23.2. The van der Waals surface area contributed by atoms with E-state index in [0.29, 0.717) is 27.6 Å². The van der Waals surface area contributed by atoms with Crippen LogP contribution in [0, 0.1) is 0 Å². The van der Waals surface area contributed by atoms with Gasteiger partial charge in [-0.1, -0.05) is 30.1 Å². The molecule has 5 nitrogen and oxygen atoms in total. The first-order valence-electron chi connectivity index (χ1n) is 8.43. The highest BCUT2D eigenvalue weighted by molar-refractivity contribution is 6.42. The van der Waals surface area contributed by atoms with E-state index in [2.05, 4.69) is 22.2 Å². The van der Waals surface area contributed by atoms with Crippen molar-refractivity contribution < 1.29 is 4.79 Å². The van der Waals surface area contributed by atoms with Gasteiger partial charge in [0.25, 0.3) is 5.91 Å². The lowest BCUT2D eigenvalue weighted by Gasteiger charge is -2.35. The van der Waals surface area contributed by atoms with E-state index < -0.39 is 0 Å². The minimum absolute atomic E-state index is 0.00707. The highest BCUT2D eigenvalue weighted by Crippen LogP contribution is 2.26. The Morgan fingerprint density at radius 3 is 2.68 bits per heavy atom. The number of benzene rings is 1. The van der Waals surface area contributed by atoms with Crippen molar-refractivity contribution in [3.63, 3.8) is 0 Å². The van der Waals surface area contributed by atoms with E-state index in [9.17, 15) is 4.79 Å². The molecule has 1 aliphatic rings. The summed E-state index contributed by atoms with van der Waals surface area (Å²) < 4.78 is 0. The largest absolute Gasteiger partial charge is 0.336 e. The van der Waals surface area contributed by atoms with E-state index in [1.807, 2.05) is 4.90 Å². The van der Waals surface area contributed by atoms with Crippen LogP contribution in [-0.2, 0) is 0 Å². The van der Waals surface area contributed by atoms with Crippen LogP contribution in [0.15, 0.2) is 30.6 Å². The summed E-state index contributed by atoms with van der Waals surface area (Å²) in [5, 5.41) is 3.99. The van der Waals surface area contributed by atoms with Crippen LogP contribution in [0.25, 0.3) is 0 Å². The predicted molar refractivity (Wildman–Crippen MR) is 101 cm³/mol. The van der Waals surface area contributed by atoms with Crippen LogP contribution in [0.4, 0.5) is 11.6 Å². The lowest BCUT2D eigenvalue weighted by molar-refractivity contribution is 0.0607. The first kappa shape index (κ1) is 18.0. The van der Waals surface area contributed by atoms with Crippen molar-refractivity contribution in [3.05, 3.63) is 46.2 Å². The van der Waals surface area contributed by atoms with Crippen molar-refractivity contribution in [2.75, 3.05) is 11.9 Å². The number of anilines is 2. The standard InChI is InChI=1S/C18H20Cl2N4O/c1-2-14-5-3-4-8-24(14)17(25)12-10-21-18(22-11-12)23-13-6-7-15(19)16(20)9-13/h6-7,9-11,14H,2-5,8H2,1H3,(H,21,22,23). The summed E-state index contributed by atoms with van der Waals surface area (Å²) >= 11 is 11.9. The number of carbonyl (C=O) groups excluding carboxylic acids is 1. The molecule has 0 radical (unpaired) electrons. The summed E-state index contributed by atoms with van der Waals surface area (Å²) in [5.74, 6) is 0.410. The van der Waals surface area contributed by atoms with Crippen LogP contribution in [0.3, 0.4) is 0 Å². The molecule has 1 amide bonds. The van der Waals surface area contributed by atoms with Gasteiger partial charge in [0.05, 0.1) is 15.6 Å². The molecule has 132 valence electrons. The summed E-state index contributed by atoms with van der Waals surface area (Å²) in [5.41, 5.74) is 1.25. The molecule has 3 rings (SSSR count). The molecular formula is C18H20Cl2N4O. The molecule has 0 aliphatic carbocycles. The fourth-order valence-corrected chi connectivity index (χ4v) is 3.36. The third kappa shape index (κ3) is 4.22. The third-order valence-electron chi connectivity index (χ3n) is 4.43.